The molecular weight excluding hydrogens is 282 g/mol. The van der Waals surface area contributed by atoms with E-state index in [-0.39, 0.29) is 5.41 Å². The minimum absolute atomic E-state index is 0.278. The van der Waals surface area contributed by atoms with Gasteiger partial charge in [-0.1, -0.05) is 25.5 Å². The molecule has 3 saturated carbocycles. The van der Waals surface area contributed by atoms with E-state index in [2.05, 4.69) is 19.9 Å². The predicted molar refractivity (Wildman–Crippen MR) is 93.8 cm³/mol. The summed E-state index contributed by atoms with van der Waals surface area (Å²) in [7, 11) is 0. The van der Waals surface area contributed by atoms with Gasteiger partial charge in [0.25, 0.3) is 0 Å². The van der Waals surface area contributed by atoms with E-state index in [9.17, 15) is 4.79 Å². The summed E-state index contributed by atoms with van der Waals surface area (Å²) in [6.45, 7) is 6.79. The van der Waals surface area contributed by atoms with Crippen molar-refractivity contribution in [1.82, 2.24) is 0 Å². The van der Waals surface area contributed by atoms with E-state index in [1.54, 1.807) is 5.57 Å². The number of ketones is 1. The van der Waals surface area contributed by atoms with Gasteiger partial charge >= 0.3 is 0 Å². The summed E-state index contributed by atoms with van der Waals surface area (Å²) in [6.07, 6.45) is 12.4. The predicted octanol–water partition coefficient (Wildman–Crippen LogP) is 4.48. The number of carbonyl (C=O) groups excluding carboxylic acids is 1. The van der Waals surface area contributed by atoms with Crippen molar-refractivity contribution in [3.63, 3.8) is 0 Å². The number of fused-ring (bicyclic) bond motifs is 5. The topological polar surface area (TPSA) is 43.1 Å². The van der Waals surface area contributed by atoms with Gasteiger partial charge in [-0.15, -0.1) is 0 Å². The standard InChI is InChI=1S/C21H33NO/c1-13(23)17-6-7-18-16-5-4-14-12-15(22)8-10-20(14,2)19(16)9-11-21(17,18)3/h4,15-19H,5-12,22H2,1-3H3/t15?,16-,17+,18-,19-,20-,21+/m0/s1. The third-order valence-electron chi connectivity index (χ3n) is 8.63. The Bertz CT molecular complexity index is 552. The molecule has 4 aliphatic carbocycles. The van der Waals surface area contributed by atoms with Gasteiger partial charge in [-0.2, -0.15) is 0 Å². The average molecular weight is 316 g/mol. The molecule has 0 bridgehead atoms. The minimum atomic E-state index is 0.278. The second-order valence-corrected chi connectivity index (χ2v) is 9.55. The molecule has 0 radical (unpaired) electrons. The highest BCUT2D eigenvalue weighted by atomic mass is 16.1. The van der Waals surface area contributed by atoms with Crippen molar-refractivity contribution in [2.45, 2.75) is 78.2 Å². The molecule has 0 aromatic rings. The zero-order valence-corrected chi connectivity index (χ0v) is 15.1. The first-order valence-corrected chi connectivity index (χ1v) is 9.82. The molecule has 0 aromatic heterocycles. The molecule has 0 heterocycles. The Hall–Kier alpha value is -0.630. The van der Waals surface area contributed by atoms with Crippen LogP contribution in [0.15, 0.2) is 11.6 Å². The fourth-order valence-electron chi connectivity index (χ4n) is 7.36. The lowest BCUT2D eigenvalue weighted by atomic mass is 9.47. The van der Waals surface area contributed by atoms with Crippen molar-refractivity contribution in [2.75, 3.05) is 0 Å². The van der Waals surface area contributed by atoms with Crippen LogP contribution in [0.1, 0.15) is 72.1 Å². The molecule has 4 rings (SSSR count). The molecule has 4 aliphatic rings. The number of nitrogens with two attached hydrogens (primary N) is 1. The molecule has 0 amide bonds. The minimum Gasteiger partial charge on any atom is -0.327 e. The van der Waals surface area contributed by atoms with Crippen LogP contribution in [-0.4, -0.2) is 11.8 Å². The van der Waals surface area contributed by atoms with Gasteiger partial charge in [0.05, 0.1) is 0 Å². The van der Waals surface area contributed by atoms with Crippen LogP contribution in [0.5, 0.6) is 0 Å². The highest BCUT2D eigenvalue weighted by Gasteiger charge is 2.59. The lowest BCUT2D eigenvalue weighted by Gasteiger charge is -2.58. The van der Waals surface area contributed by atoms with Crippen LogP contribution in [-0.2, 0) is 4.79 Å². The van der Waals surface area contributed by atoms with Gasteiger partial charge in [0, 0.05) is 12.0 Å². The average Bonchev–Trinajstić information content (AvgIpc) is 2.85. The van der Waals surface area contributed by atoms with Gasteiger partial charge in [-0.3, -0.25) is 4.79 Å². The molecule has 1 unspecified atom stereocenters. The molecular formula is C21H33NO. The Morgan fingerprint density at radius 2 is 1.91 bits per heavy atom. The van der Waals surface area contributed by atoms with Crippen LogP contribution < -0.4 is 5.73 Å². The number of carbonyl (C=O) groups is 1. The molecule has 0 saturated heterocycles. The van der Waals surface area contributed by atoms with Crippen LogP contribution in [0, 0.1) is 34.5 Å². The van der Waals surface area contributed by atoms with Gasteiger partial charge in [0.15, 0.2) is 0 Å². The smallest absolute Gasteiger partial charge is 0.133 e. The first kappa shape index (κ1) is 15.9. The first-order valence-electron chi connectivity index (χ1n) is 9.82. The largest absolute Gasteiger partial charge is 0.327 e. The van der Waals surface area contributed by atoms with E-state index < -0.39 is 0 Å². The van der Waals surface area contributed by atoms with Crippen LogP contribution in [0.25, 0.3) is 0 Å². The van der Waals surface area contributed by atoms with Gasteiger partial charge in [0.1, 0.15) is 5.78 Å². The lowest BCUT2D eigenvalue weighted by Crippen LogP contribution is -2.51. The van der Waals surface area contributed by atoms with Gasteiger partial charge in [0.2, 0.25) is 0 Å². The fraction of sp³-hybridized carbons (Fsp3) is 0.857. The monoisotopic (exact) mass is 315 g/mol. The van der Waals surface area contributed by atoms with Crippen molar-refractivity contribution < 1.29 is 4.79 Å². The summed E-state index contributed by atoms with van der Waals surface area (Å²) in [5.41, 5.74) is 8.59. The molecule has 2 heteroatoms. The van der Waals surface area contributed by atoms with Gasteiger partial charge in [-0.05, 0) is 86.9 Å². The van der Waals surface area contributed by atoms with Crippen molar-refractivity contribution in [3.05, 3.63) is 11.6 Å². The van der Waals surface area contributed by atoms with Crippen LogP contribution >= 0.6 is 0 Å². The molecule has 23 heavy (non-hydrogen) atoms. The summed E-state index contributed by atoms with van der Waals surface area (Å²) < 4.78 is 0. The van der Waals surface area contributed by atoms with E-state index in [1.807, 2.05) is 6.92 Å². The first-order chi connectivity index (χ1) is 10.9. The zero-order valence-electron chi connectivity index (χ0n) is 15.1. The second kappa shape index (κ2) is 5.18. The van der Waals surface area contributed by atoms with E-state index in [0.29, 0.717) is 23.2 Å². The fourth-order valence-corrected chi connectivity index (χ4v) is 7.36. The third kappa shape index (κ3) is 2.13. The van der Waals surface area contributed by atoms with Crippen molar-refractivity contribution >= 4 is 5.78 Å². The number of hydrogen-bond donors (Lipinski definition) is 1. The molecule has 3 fully saturated rings. The van der Waals surface area contributed by atoms with Crippen LogP contribution in [0.2, 0.25) is 0 Å². The Kier molecular flexibility index (Phi) is 3.58. The summed E-state index contributed by atoms with van der Waals surface area (Å²) >= 11 is 0. The maximum absolute atomic E-state index is 12.2. The highest BCUT2D eigenvalue weighted by Crippen LogP contribution is 2.66. The summed E-state index contributed by atoms with van der Waals surface area (Å²) in [5.74, 6) is 3.17. The van der Waals surface area contributed by atoms with E-state index in [1.165, 1.54) is 38.5 Å². The second-order valence-electron chi connectivity index (χ2n) is 9.55. The van der Waals surface area contributed by atoms with E-state index in [4.69, 9.17) is 5.73 Å². The number of hydrogen-bond acceptors (Lipinski definition) is 2. The maximum atomic E-state index is 12.2. The summed E-state index contributed by atoms with van der Waals surface area (Å²) in [6, 6.07) is 0.383. The van der Waals surface area contributed by atoms with Crippen LogP contribution in [0.3, 0.4) is 0 Å². The Labute approximate surface area is 141 Å². The molecule has 2 nitrogen and oxygen atoms in total. The Morgan fingerprint density at radius 3 is 2.65 bits per heavy atom. The normalized spacial score (nSPS) is 52.2. The maximum Gasteiger partial charge on any atom is 0.133 e. The van der Waals surface area contributed by atoms with Crippen LogP contribution in [0.4, 0.5) is 0 Å². The van der Waals surface area contributed by atoms with Gasteiger partial charge < -0.3 is 5.73 Å². The van der Waals surface area contributed by atoms with Crippen molar-refractivity contribution in [2.24, 2.45) is 40.2 Å². The zero-order chi connectivity index (χ0) is 16.4. The quantitative estimate of drug-likeness (QED) is 0.725. The number of Topliss-reactive ketones (excluding diaryl/α,β-unsaturated/α-hetero) is 1. The van der Waals surface area contributed by atoms with Crippen molar-refractivity contribution in [1.29, 1.82) is 0 Å². The molecule has 7 atom stereocenters. The van der Waals surface area contributed by atoms with E-state index in [0.717, 1.165) is 30.6 Å². The SMILES string of the molecule is CC(=O)[C@H]1CC[C@H]2[C@@H]3CC=C4CC(N)CC[C@]4(C)[C@H]3CC[C@]12C. The Balaban J connectivity index is 1.66. The number of allylic oxidation sites excluding steroid dienone is 1. The molecule has 128 valence electrons. The lowest BCUT2D eigenvalue weighted by molar-refractivity contribution is -0.127. The molecule has 0 aromatic carbocycles. The van der Waals surface area contributed by atoms with E-state index >= 15 is 0 Å². The summed E-state index contributed by atoms with van der Waals surface area (Å²) in [5, 5.41) is 0. The summed E-state index contributed by atoms with van der Waals surface area (Å²) in [4.78, 5) is 12.2. The molecule has 2 N–H and O–H groups in total. The van der Waals surface area contributed by atoms with Gasteiger partial charge in [-0.25, -0.2) is 0 Å². The highest BCUT2D eigenvalue weighted by molar-refractivity contribution is 5.79. The number of rotatable bonds is 1. The molecule has 0 spiro atoms. The van der Waals surface area contributed by atoms with Crippen molar-refractivity contribution in [3.8, 4) is 0 Å². The Morgan fingerprint density at radius 1 is 1.13 bits per heavy atom. The molecule has 0 aliphatic heterocycles. The third-order valence-corrected chi connectivity index (χ3v) is 8.63.